The van der Waals surface area contributed by atoms with Gasteiger partial charge in [0.15, 0.2) is 5.78 Å². The van der Waals surface area contributed by atoms with Crippen molar-refractivity contribution in [1.29, 1.82) is 0 Å². The molecule has 0 amide bonds. The van der Waals surface area contributed by atoms with Crippen molar-refractivity contribution in [3.63, 3.8) is 0 Å². The number of ketones is 1. The molecular weight excluding hydrogens is 204 g/mol. The van der Waals surface area contributed by atoms with E-state index < -0.39 is 0 Å². The van der Waals surface area contributed by atoms with E-state index in [9.17, 15) is 4.79 Å². The predicted octanol–water partition coefficient (Wildman–Crippen LogP) is 3.09. The van der Waals surface area contributed by atoms with Crippen LogP contribution in [0.15, 0.2) is 23.3 Å². The first-order valence-electron chi connectivity index (χ1n) is 5.64. The smallest absolute Gasteiger partial charge is 0.194 e. The van der Waals surface area contributed by atoms with Gasteiger partial charge in [0.25, 0.3) is 0 Å². The quantitative estimate of drug-likeness (QED) is 0.576. The molecule has 2 rings (SSSR count). The fourth-order valence-electron chi connectivity index (χ4n) is 2.18. The number of hydrogen-bond donors (Lipinski definition) is 0. The minimum Gasteiger partial charge on any atom is -0.288 e. The Hall–Kier alpha value is -0.630. The minimum absolute atomic E-state index is 0.247. The normalized spacial score (nSPS) is 23.9. The zero-order valence-corrected chi connectivity index (χ0v) is 10.3. The van der Waals surface area contributed by atoms with E-state index in [4.69, 9.17) is 0 Å². The largest absolute Gasteiger partial charge is 0.288 e. The van der Waals surface area contributed by atoms with E-state index in [1.807, 2.05) is 13.0 Å². The summed E-state index contributed by atoms with van der Waals surface area (Å²) in [6.45, 7) is 4.02. The average Bonchev–Trinajstić information content (AvgIpc) is 2.24. The van der Waals surface area contributed by atoms with Crippen LogP contribution in [-0.2, 0) is 4.79 Å². The number of hydrogen-bond acceptors (Lipinski definition) is 1. The van der Waals surface area contributed by atoms with Gasteiger partial charge < -0.3 is 0 Å². The van der Waals surface area contributed by atoms with Crippen molar-refractivity contribution >= 4 is 21.1 Å². The van der Waals surface area contributed by atoms with Crippen LogP contribution in [0.25, 0.3) is 0 Å². The van der Waals surface area contributed by atoms with E-state index in [1.165, 1.54) is 36.3 Å². The first-order valence-corrected chi connectivity index (χ1v) is 7.20. The molecule has 0 aromatic heterocycles. The summed E-state index contributed by atoms with van der Waals surface area (Å²) >= 11 is 0. The molecule has 0 spiro atoms. The number of allylic oxidation sites excluding steroid dienone is 4. The first-order chi connectivity index (χ1) is 7.18. The Labute approximate surface area is 94.2 Å². The molecule has 2 heteroatoms. The maximum absolute atomic E-state index is 12.0. The Morgan fingerprint density at radius 2 is 1.73 bits per heavy atom. The van der Waals surface area contributed by atoms with Crippen molar-refractivity contribution in [2.75, 3.05) is 11.5 Å². The Balaban J connectivity index is 2.36. The molecule has 1 aliphatic carbocycles. The standard InChI is InChI=1S/C13H18OS/c1-10-8-11(2)13(14)12(9-10)15-6-4-3-5-7-15/h8-9H,3-7H2,1-2H3. The summed E-state index contributed by atoms with van der Waals surface area (Å²) in [7, 11) is 0.247. The van der Waals surface area contributed by atoms with Gasteiger partial charge in [0, 0.05) is 4.86 Å². The molecule has 0 N–H and O–H groups in total. The summed E-state index contributed by atoms with van der Waals surface area (Å²) in [6, 6.07) is 0. The lowest BCUT2D eigenvalue weighted by Gasteiger charge is -2.20. The molecule has 1 aliphatic heterocycles. The van der Waals surface area contributed by atoms with Gasteiger partial charge in [-0.3, -0.25) is 4.79 Å². The van der Waals surface area contributed by atoms with Gasteiger partial charge in [-0.1, -0.05) is 12.5 Å². The molecule has 1 nitrogen and oxygen atoms in total. The average molecular weight is 222 g/mol. The van der Waals surface area contributed by atoms with Gasteiger partial charge in [-0.05, 0) is 55.4 Å². The second kappa shape index (κ2) is 4.48. The van der Waals surface area contributed by atoms with Crippen LogP contribution < -0.4 is 0 Å². The molecule has 0 saturated carbocycles. The topological polar surface area (TPSA) is 17.1 Å². The fourth-order valence-corrected chi connectivity index (χ4v) is 4.71. The number of rotatable bonds is 0. The highest BCUT2D eigenvalue weighted by molar-refractivity contribution is 8.17. The molecule has 82 valence electrons. The second-order valence-electron chi connectivity index (χ2n) is 4.37. The molecule has 0 aromatic rings. The van der Waals surface area contributed by atoms with Gasteiger partial charge in [0.05, 0.1) is 0 Å². The van der Waals surface area contributed by atoms with Gasteiger partial charge in [-0.25, -0.2) is 0 Å². The maximum Gasteiger partial charge on any atom is 0.194 e. The van der Waals surface area contributed by atoms with E-state index in [0.29, 0.717) is 5.78 Å². The van der Waals surface area contributed by atoms with E-state index in [-0.39, 0.29) is 10.5 Å². The van der Waals surface area contributed by atoms with Crippen molar-refractivity contribution in [1.82, 2.24) is 0 Å². The van der Waals surface area contributed by atoms with Crippen LogP contribution in [0.2, 0.25) is 0 Å². The highest BCUT2D eigenvalue weighted by atomic mass is 32.2. The van der Waals surface area contributed by atoms with Crippen LogP contribution in [0.3, 0.4) is 0 Å². The molecule has 0 aromatic carbocycles. The summed E-state index contributed by atoms with van der Waals surface area (Å²) in [5.74, 6) is 2.77. The predicted molar refractivity (Wildman–Crippen MR) is 68.7 cm³/mol. The van der Waals surface area contributed by atoms with E-state index in [1.54, 1.807) is 0 Å². The van der Waals surface area contributed by atoms with E-state index >= 15 is 0 Å². The summed E-state index contributed by atoms with van der Waals surface area (Å²) in [5, 5.41) is 0. The van der Waals surface area contributed by atoms with Gasteiger partial charge in [-0.2, -0.15) is 10.5 Å². The molecular formula is C13H18OS. The molecule has 1 fully saturated rings. The van der Waals surface area contributed by atoms with Gasteiger partial charge in [0.1, 0.15) is 0 Å². The molecule has 0 atom stereocenters. The summed E-state index contributed by atoms with van der Waals surface area (Å²) in [5.41, 5.74) is 2.16. The molecule has 0 bridgehead atoms. The lowest BCUT2D eigenvalue weighted by Crippen LogP contribution is -2.19. The molecule has 0 unspecified atom stereocenters. The van der Waals surface area contributed by atoms with Crippen molar-refractivity contribution in [2.45, 2.75) is 33.1 Å². The summed E-state index contributed by atoms with van der Waals surface area (Å²) < 4.78 is 0. The highest BCUT2D eigenvalue weighted by Crippen LogP contribution is 2.29. The monoisotopic (exact) mass is 222 g/mol. The van der Waals surface area contributed by atoms with Gasteiger partial charge >= 0.3 is 0 Å². The summed E-state index contributed by atoms with van der Waals surface area (Å²) in [6.07, 6.45) is 8.07. The first kappa shape index (κ1) is 10.9. The van der Waals surface area contributed by atoms with Crippen molar-refractivity contribution in [2.24, 2.45) is 0 Å². The van der Waals surface area contributed by atoms with Crippen molar-refractivity contribution < 1.29 is 4.79 Å². The van der Waals surface area contributed by atoms with Crippen LogP contribution >= 0.6 is 10.5 Å². The van der Waals surface area contributed by atoms with Crippen LogP contribution in [0.1, 0.15) is 33.1 Å². The third-order valence-corrected chi connectivity index (χ3v) is 5.47. The molecule has 0 radical (unpaired) electrons. The highest BCUT2D eigenvalue weighted by Gasteiger charge is 2.19. The molecule has 15 heavy (non-hydrogen) atoms. The molecule has 1 saturated heterocycles. The van der Waals surface area contributed by atoms with Crippen LogP contribution in [0.4, 0.5) is 0 Å². The maximum atomic E-state index is 12.0. The van der Waals surface area contributed by atoms with E-state index in [2.05, 4.69) is 13.0 Å². The van der Waals surface area contributed by atoms with Gasteiger partial charge in [-0.15, -0.1) is 0 Å². The van der Waals surface area contributed by atoms with Crippen molar-refractivity contribution in [3.05, 3.63) is 23.3 Å². The minimum atomic E-state index is 0.247. The van der Waals surface area contributed by atoms with Gasteiger partial charge in [0.2, 0.25) is 0 Å². The van der Waals surface area contributed by atoms with Crippen LogP contribution in [-0.4, -0.2) is 22.2 Å². The Bertz CT molecular complexity index is 377. The Kier molecular flexibility index (Phi) is 3.25. The zero-order chi connectivity index (χ0) is 10.8. The number of carbonyl (C=O) groups excluding carboxylic acids is 1. The van der Waals surface area contributed by atoms with Crippen LogP contribution in [0.5, 0.6) is 0 Å². The molecule has 2 aliphatic rings. The third kappa shape index (κ3) is 2.31. The van der Waals surface area contributed by atoms with Crippen LogP contribution in [0, 0.1) is 0 Å². The Morgan fingerprint density at radius 1 is 1.07 bits per heavy atom. The lowest BCUT2D eigenvalue weighted by molar-refractivity contribution is -0.109. The number of carbonyl (C=O) groups is 1. The Morgan fingerprint density at radius 3 is 2.40 bits per heavy atom. The van der Waals surface area contributed by atoms with Crippen molar-refractivity contribution in [3.8, 4) is 0 Å². The molecule has 1 heterocycles. The number of Topliss-reactive ketones (excluding diaryl/α,β-unsaturated/α-hetero) is 1. The fraction of sp³-hybridized carbons (Fsp3) is 0.538. The second-order valence-corrected chi connectivity index (χ2v) is 6.61. The lowest BCUT2D eigenvalue weighted by atomic mass is 10.0. The SMILES string of the molecule is CC1=CC(=S2CCCCC2)C(=O)C(C)=C1. The van der Waals surface area contributed by atoms with E-state index in [0.717, 1.165) is 10.4 Å². The zero-order valence-electron chi connectivity index (χ0n) is 9.51. The summed E-state index contributed by atoms with van der Waals surface area (Å²) in [4.78, 5) is 13.1. The third-order valence-electron chi connectivity index (χ3n) is 2.98.